The van der Waals surface area contributed by atoms with Crippen molar-refractivity contribution in [1.29, 1.82) is 0 Å². The van der Waals surface area contributed by atoms with Gasteiger partial charge in [0.25, 0.3) is 9.28 Å². The first kappa shape index (κ1) is 16.7. The molecular formula is C8H24O6Si4. The van der Waals surface area contributed by atoms with Crippen LogP contribution in [-0.4, -0.2) is 54.4 Å². The molecule has 4 unspecified atom stereocenters. The van der Waals surface area contributed by atoms with Gasteiger partial charge in [-0.25, -0.2) is 0 Å². The van der Waals surface area contributed by atoms with E-state index in [1.165, 1.54) is 0 Å². The predicted octanol–water partition coefficient (Wildman–Crippen LogP) is 0.436. The van der Waals surface area contributed by atoms with Gasteiger partial charge in [-0.05, 0) is 32.1 Å². The van der Waals surface area contributed by atoms with E-state index in [0.29, 0.717) is 6.61 Å². The van der Waals surface area contributed by atoms with E-state index < -0.39 is 35.9 Å². The average Bonchev–Trinajstić information content (AvgIpc) is 2.12. The molecule has 0 spiro atoms. The molecule has 0 amide bonds. The van der Waals surface area contributed by atoms with Gasteiger partial charge in [0, 0.05) is 20.3 Å². The number of rotatable bonds is 4. The summed E-state index contributed by atoms with van der Waals surface area (Å²) in [5.41, 5.74) is 0. The molecule has 1 fully saturated rings. The second kappa shape index (κ2) is 6.87. The summed E-state index contributed by atoms with van der Waals surface area (Å²) in [5, 5.41) is 0. The Bertz CT molecular complexity index is 268. The van der Waals surface area contributed by atoms with Crippen LogP contribution in [0.2, 0.25) is 32.2 Å². The molecular weight excluding hydrogens is 304 g/mol. The summed E-state index contributed by atoms with van der Waals surface area (Å²) in [6.07, 6.45) is 0.859. The van der Waals surface area contributed by atoms with Gasteiger partial charge in [0.1, 0.15) is 0 Å². The van der Waals surface area contributed by atoms with Crippen molar-refractivity contribution in [2.45, 2.75) is 38.7 Å². The minimum atomic E-state index is -3.11. The Kier molecular flexibility index (Phi) is 6.37. The van der Waals surface area contributed by atoms with E-state index in [4.69, 9.17) is 21.2 Å². The number of hydrogen-bond donors (Lipinski definition) is 1. The molecule has 1 N–H and O–H groups in total. The summed E-state index contributed by atoms with van der Waals surface area (Å²) in [7, 11) is -7.39. The number of hydrogen-bond acceptors (Lipinski definition) is 6. The van der Waals surface area contributed by atoms with E-state index in [9.17, 15) is 4.80 Å². The smallest absolute Gasteiger partial charge is 0.420 e. The maximum absolute atomic E-state index is 10.2. The lowest BCUT2D eigenvalue weighted by molar-refractivity contribution is 0.179. The molecule has 0 aromatic heterocycles. The fourth-order valence-electron chi connectivity index (χ4n) is 2.08. The molecule has 0 bridgehead atoms. The molecule has 1 rings (SSSR count). The molecule has 108 valence electrons. The summed E-state index contributed by atoms with van der Waals surface area (Å²) in [5.74, 6) is 0. The highest BCUT2D eigenvalue weighted by atomic mass is 28.5. The van der Waals surface area contributed by atoms with Crippen LogP contribution in [0.15, 0.2) is 0 Å². The molecule has 0 aromatic carbocycles. The minimum absolute atomic E-state index is 0.668. The van der Waals surface area contributed by atoms with Crippen LogP contribution in [-0.2, 0) is 21.2 Å². The fraction of sp³-hybridized carbons (Fsp3) is 1.00. The molecule has 1 heterocycles. The molecule has 4 atom stereocenters. The highest BCUT2D eigenvalue weighted by Gasteiger charge is 2.47. The Balaban J connectivity index is 2.69. The van der Waals surface area contributed by atoms with Crippen LogP contribution in [0.3, 0.4) is 0 Å². The van der Waals surface area contributed by atoms with Gasteiger partial charge in [0.2, 0.25) is 0 Å². The first-order chi connectivity index (χ1) is 8.26. The zero-order chi connectivity index (χ0) is 13.8. The first-order valence-corrected chi connectivity index (χ1v) is 15.2. The summed E-state index contributed by atoms with van der Waals surface area (Å²) in [6, 6.07) is 0.782. The molecule has 1 aliphatic heterocycles. The Morgan fingerprint density at radius 2 is 1.78 bits per heavy atom. The van der Waals surface area contributed by atoms with E-state index in [0.717, 1.165) is 12.5 Å². The first-order valence-electron chi connectivity index (χ1n) is 6.19. The fourth-order valence-corrected chi connectivity index (χ4v) is 17.1. The molecule has 0 saturated carbocycles. The van der Waals surface area contributed by atoms with Crippen molar-refractivity contribution in [3.05, 3.63) is 0 Å². The van der Waals surface area contributed by atoms with Gasteiger partial charge in [-0.15, -0.1) is 0 Å². The number of ether oxygens (including phenoxy) is 1. The largest absolute Gasteiger partial charge is 0.476 e. The normalized spacial score (nSPS) is 42.3. The molecule has 1 aliphatic rings. The molecule has 18 heavy (non-hydrogen) atoms. The average molecular weight is 329 g/mol. The standard InChI is InChI=1S/C8H24O6Si4/c1-10-7-6-8-17(4)12-15(2)11-16(3)13-18(5,9)14-17/h9,15-16H,6-8H2,1-5H3. The van der Waals surface area contributed by atoms with Crippen molar-refractivity contribution in [2.24, 2.45) is 0 Å². The predicted molar refractivity (Wildman–Crippen MR) is 77.1 cm³/mol. The van der Waals surface area contributed by atoms with Crippen molar-refractivity contribution in [2.75, 3.05) is 13.7 Å². The van der Waals surface area contributed by atoms with Gasteiger partial charge < -0.3 is 26.0 Å². The lowest BCUT2D eigenvalue weighted by atomic mass is 10.5. The second-order valence-electron chi connectivity index (χ2n) is 4.74. The zero-order valence-corrected chi connectivity index (χ0v) is 16.1. The Morgan fingerprint density at radius 3 is 2.39 bits per heavy atom. The van der Waals surface area contributed by atoms with Gasteiger partial charge in [-0.2, -0.15) is 0 Å². The Morgan fingerprint density at radius 1 is 1.17 bits per heavy atom. The lowest BCUT2D eigenvalue weighted by Crippen LogP contribution is -2.59. The van der Waals surface area contributed by atoms with E-state index in [2.05, 4.69) is 0 Å². The monoisotopic (exact) mass is 328 g/mol. The molecule has 10 heteroatoms. The maximum atomic E-state index is 10.2. The van der Waals surface area contributed by atoms with Crippen LogP contribution in [0, 0.1) is 0 Å². The quantitative estimate of drug-likeness (QED) is 0.596. The van der Waals surface area contributed by atoms with Gasteiger partial charge >= 0.3 is 26.6 Å². The van der Waals surface area contributed by atoms with Gasteiger partial charge in [0.15, 0.2) is 0 Å². The minimum Gasteiger partial charge on any atom is -0.420 e. The SMILES string of the molecule is COCCC[Si]1(C)O[SiH](C)O[SiH](C)O[Si](C)(O)O1. The van der Waals surface area contributed by atoms with Crippen molar-refractivity contribution >= 4 is 35.9 Å². The Labute approximate surface area is 114 Å². The molecule has 0 aromatic rings. The van der Waals surface area contributed by atoms with Crippen LogP contribution in [0.4, 0.5) is 0 Å². The van der Waals surface area contributed by atoms with Crippen LogP contribution < -0.4 is 0 Å². The highest BCUT2D eigenvalue weighted by Crippen LogP contribution is 2.25. The lowest BCUT2D eigenvalue weighted by Gasteiger charge is -2.39. The molecule has 1 saturated heterocycles. The van der Waals surface area contributed by atoms with Crippen LogP contribution in [0.1, 0.15) is 6.42 Å². The van der Waals surface area contributed by atoms with Crippen LogP contribution in [0.5, 0.6) is 0 Å². The third-order valence-corrected chi connectivity index (χ3v) is 16.5. The maximum Gasteiger partial charge on any atom is 0.476 e. The zero-order valence-electron chi connectivity index (χ0n) is 11.8. The van der Waals surface area contributed by atoms with Crippen molar-refractivity contribution in [1.82, 2.24) is 0 Å². The van der Waals surface area contributed by atoms with E-state index >= 15 is 0 Å². The van der Waals surface area contributed by atoms with Crippen molar-refractivity contribution in [3.63, 3.8) is 0 Å². The third-order valence-electron chi connectivity index (χ3n) is 2.57. The third kappa shape index (κ3) is 5.73. The van der Waals surface area contributed by atoms with E-state index in [-0.39, 0.29) is 0 Å². The number of methoxy groups -OCH3 is 1. The summed E-state index contributed by atoms with van der Waals surface area (Å²) >= 11 is 0. The molecule has 0 radical (unpaired) electrons. The summed E-state index contributed by atoms with van der Waals surface area (Å²) in [6.45, 7) is 8.16. The molecule has 0 aliphatic carbocycles. The second-order valence-corrected chi connectivity index (χ2v) is 15.4. The summed E-state index contributed by atoms with van der Waals surface area (Å²) < 4.78 is 28.3. The van der Waals surface area contributed by atoms with Gasteiger partial charge in [-0.1, -0.05) is 0 Å². The summed E-state index contributed by atoms with van der Waals surface area (Å²) in [4.78, 5) is 10.2. The van der Waals surface area contributed by atoms with Crippen LogP contribution in [0.25, 0.3) is 0 Å². The van der Waals surface area contributed by atoms with E-state index in [1.807, 2.05) is 19.6 Å². The van der Waals surface area contributed by atoms with E-state index in [1.54, 1.807) is 13.7 Å². The van der Waals surface area contributed by atoms with Crippen LogP contribution >= 0.6 is 0 Å². The van der Waals surface area contributed by atoms with Gasteiger partial charge in [-0.3, -0.25) is 0 Å². The van der Waals surface area contributed by atoms with Gasteiger partial charge in [0.05, 0.1) is 0 Å². The highest BCUT2D eigenvalue weighted by molar-refractivity contribution is 6.84. The van der Waals surface area contributed by atoms with Crippen molar-refractivity contribution in [3.8, 4) is 0 Å². The molecule has 6 nitrogen and oxygen atoms in total. The van der Waals surface area contributed by atoms with Crippen molar-refractivity contribution < 1.29 is 26.0 Å². The Hall–Kier alpha value is 0.628. The topological polar surface area (TPSA) is 66.4 Å².